The molecule has 0 radical (unpaired) electrons. The minimum atomic E-state index is 0.0805. The lowest BCUT2D eigenvalue weighted by atomic mass is 10.3. The average Bonchev–Trinajstić information content (AvgIpc) is 2.82. The zero-order valence-electron chi connectivity index (χ0n) is 11.7. The van der Waals surface area contributed by atoms with Crippen LogP contribution >= 0.6 is 11.8 Å². The van der Waals surface area contributed by atoms with E-state index in [4.69, 9.17) is 14.9 Å². The maximum atomic E-state index is 5.74. The Kier molecular flexibility index (Phi) is 3.70. The summed E-state index contributed by atoms with van der Waals surface area (Å²) in [6.45, 7) is 3.95. The summed E-state index contributed by atoms with van der Waals surface area (Å²) < 4.78 is 11.4. The highest BCUT2D eigenvalue weighted by molar-refractivity contribution is 7.99. The first-order chi connectivity index (χ1) is 10.1. The van der Waals surface area contributed by atoms with Crippen LogP contribution in [0.3, 0.4) is 0 Å². The lowest BCUT2D eigenvalue weighted by molar-refractivity contribution is 0.234. The van der Waals surface area contributed by atoms with E-state index in [0.29, 0.717) is 16.5 Å². The number of hydrogen-bond donors (Lipinski definition) is 1. The Morgan fingerprint density at radius 3 is 2.95 bits per heavy atom. The summed E-state index contributed by atoms with van der Waals surface area (Å²) in [4.78, 5) is 8.74. The van der Waals surface area contributed by atoms with Crippen molar-refractivity contribution < 1.29 is 9.15 Å². The molecular formula is C15H15N3O2S. The van der Waals surface area contributed by atoms with E-state index in [1.54, 1.807) is 18.3 Å². The van der Waals surface area contributed by atoms with Gasteiger partial charge in [-0.25, -0.2) is 9.97 Å². The minimum absolute atomic E-state index is 0.0805. The van der Waals surface area contributed by atoms with Gasteiger partial charge in [0, 0.05) is 18.0 Å². The zero-order valence-corrected chi connectivity index (χ0v) is 12.6. The highest BCUT2D eigenvalue weighted by Gasteiger charge is 2.13. The van der Waals surface area contributed by atoms with Gasteiger partial charge in [0.25, 0.3) is 5.22 Å². The standard InChI is InChI=1S/C15H15N3O2S/c1-9(2)19-12-4-3-7-17-14(12)21-15-18-11-6-5-10(16)8-13(11)20-15/h3-9H,16H2,1-2H3. The van der Waals surface area contributed by atoms with Gasteiger partial charge in [-0.3, -0.25) is 0 Å². The normalized spacial score (nSPS) is 11.2. The Balaban J connectivity index is 1.91. The van der Waals surface area contributed by atoms with Crippen molar-refractivity contribution in [3.05, 3.63) is 36.5 Å². The molecule has 21 heavy (non-hydrogen) atoms. The molecule has 0 aliphatic carbocycles. The van der Waals surface area contributed by atoms with Crippen molar-refractivity contribution in [2.24, 2.45) is 0 Å². The average molecular weight is 301 g/mol. The maximum absolute atomic E-state index is 5.74. The van der Waals surface area contributed by atoms with E-state index in [9.17, 15) is 0 Å². The fourth-order valence-electron chi connectivity index (χ4n) is 1.84. The number of aromatic nitrogens is 2. The minimum Gasteiger partial charge on any atom is -0.488 e. The second kappa shape index (κ2) is 5.65. The molecule has 0 aliphatic heterocycles. The number of pyridine rings is 1. The molecule has 0 saturated heterocycles. The van der Waals surface area contributed by atoms with Gasteiger partial charge in [-0.1, -0.05) is 0 Å². The van der Waals surface area contributed by atoms with Crippen molar-refractivity contribution in [2.45, 2.75) is 30.2 Å². The van der Waals surface area contributed by atoms with Gasteiger partial charge in [-0.2, -0.15) is 0 Å². The summed E-state index contributed by atoms with van der Waals surface area (Å²) in [5.41, 5.74) is 7.83. The van der Waals surface area contributed by atoms with E-state index in [0.717, 1.165) is 16.3 Å². The molecule has 3 rings (SSSR count). The van der Waals surface area contributed by atoms with Gasteiger partial charge < -0.3 is 14.9 Å². The van der Waals surface area contributed by atoms with Crippen LogP contribution in [0, 0.1) is 0 Å². The van der Waals surface area contributed by atoms with Crippen molar-refractivity contribution in [1.82, 2.24) is 9.97 Å². The number of anilines is 1. The number of ether oxygens (including phenoxy) is 1. The fraction of sp³-hybridized carbons (Fsp3) is 0.200. The van der Waals surface area contributed by atoms with Gasteiger partial charge >= 0.3 is 0 Å². The molecule has 0 fully saturated rings. The summed E-state index contributed by atoms with van der Waals surface area (Å²) in [7, 11) is 0. The van der Waals surface area contributed by atoms with Crippen LogP contribution in [-0.2, 0) is 0 Å². The summed E-state index contributed by atoms with van der Waals surface area (Å²) in [5, 5.41) is 1.24. The lowest BCUT2D eigenvalue weighted by Gasteiger charge is -2.11. The predicted octanol–water partition coefficient (Wildman–Crippen LogP) is 3.74. The van der Waals surface area contributed by atoms with E-state index in [-0.39, 0.29) is 6.10 Å². The van der Waals surface area contributed by atoms with Crippen LogP contribution in [0.5, 0.6) is 5.75 Å². The molecule has 6 heteroatoms. The monoisotopic (exact) mass is 301 g/mol. The van der Waals surface area contributed by atoms with Crippen molar-refractivity contribution >= 4 is 28.5 Å². The van der Waals surface area contributed by atoms with Crippen LogP contribution in [0.15, 0.2) is 51.2 Å². The van der Waals surface area contributed by atoms with E-state index in [2.05, 4.69) is 9.97 Å². The largest absolute Gasteiger partial charge is 0.488 e. The van der Waals surface area contributed by atoms with Crippen LogP contribution in [0.25, 0.3) is 11.1 Å². The lowest BCUT2D eigenvalue weighted by Crippen LogP contribution is -2.06. The summed E-state index contributed by atoms with van der Waals surface area (Å²) in [5.74, 6) is 0.722. The zero-order chi connectivity index (χ0) is 14.8. The van der Waals surface area contributed by atoms with Crippen LogP contribution in [0.2, 0.25) is 0 Å². The summed E-state index contributed by atoms with van der Waals surface area (Å²) >= 11 is 1.33. The molecule has 0 bridgehead atoms. The molecule has 108 valence electrons. The molecule has 2 heterocycles. The van der Waals surface area contributed by atoms with Crippen molar-refractivity contribution in [3.8, 4) is 5.75 Å². The van der Waals surface area contributed by atoms with Gasteiger partial charge in [0.05, 0.1) is 6.10 Å². The Labute approximate surface area is 126 Å². The summed E-state index contributed by atoms with van der Waals surface area (Å²) in [6.07, 6.45) is 1.80. The number of hydrogen-bond acceptors (Lipinski definition) is 6. The number of nitrogen functional groups attached to an aromatic ring is 1. The highest BCUT2D eigenvalue weighted by Crippen LogP contribution is 2.34. The van der Waals surface area contributed by atoms with E-state index in [1.165, 1.54) is 11.8 Å². The van der Waals surface area contributed by atoms with E-state index >= 15 is 0 Å². The third kappa shape index (κ3) is 3.11. The second-order valence-corrected chi connectivity index (χ2v) is 5.72. The maximum Gasteiger partial charge on any atom is 0.263 e. The molecule has 0 atom stereocenters. The molecule has 2 aromatic heterocycles. The predicted molar refractivity (Wildman–Crippen MR) is 82.5 cm³/mol. The van der Waals surface area contributed by atoms with Crippen LogP contribution in [0.4, 0.5) is 5.69 Å². The Morgan fingerprint density at radius 1 is 1.29 bits per heavy atom. The Bertz CT molecular complexity index is 770. The molecule has 0 saturated carbocycles. The van der Waals surface area contributed by atoms with Gasteiger partial charge in [0.2, 0.25) is 0 Å². The molecule has 3 aromatic rings. The molecule has 5 nitrogen and oxygen atoms in total. The van der Waals surface area contributed by atoms with Crippen LogP contribution in [-0.4, -0.2) is 16.1 Å². The van der Waals surface area contributed by atoms with Crippen LogP contribution in [0.1, 0.15) is 13.8 Å². The number of fused-ring (bicyclic) bond motifs is 1. The molecule has 2 N–H and O–H groups in total. The molecule has 0 amide bonds. The number of nitrogens with two attached hydrogens (primary N) is 1. The SMILES string of the molecule is CC(C)Oc1cccnc1Sc1nc2ccc(N)cc2o1. The van der Waals surface area contributed by atoms with Gasteiger partial charge in [-0.15, -0.1) is 0 Å². The molecular weight excluding hydrogens is 286 g/mol. The Morgan fingerprint density at radius 2 is 2.14 bits per heavy atom. The number of oxazole rings is 1. The quantitative estimate of drug-likeness (QED) is 0.740. The van der Waals surface area contributed by atoms with Crippen molar-refractivity contribution in [2.75, 3.05) is 5.73 Å². The highest BCUT2D eigenvalue weighted by atomic mass is 32.2. The smallest absolute Gasteiger partial charge is 0.263 e. The van der Waals surface area contributed by atoms with Crippen molar-refractivity contribution in [1.29, 1.82) is 0 Å². The van der Waals surface area contributed by atoms with E-state index < -0.39 is 0 Å². The number of nitrogens with zero attached hydrogens (tertiary/aromatic N) is 2. The Hall–Kier alpha value is -2.21. The van der Waals surface area contributed by atoms with Crippen molar-refractivity contribution in [3.63, 3.8) is 0 Å². The van der Waals surface area contributed by atoms with Gasteiger partial charge in [0.15, 0.2) is 11.3 Å². The fourth-order valence-corrected chi connectivity index (χ4v) is 2.61. The number of benzene rings is 1. The number of rotatable bonds is 4. The first-order valence-corrected chi connectivity index (χ1v) is 7.39. The van der Waals surface area contributed by atoms with Gasteiger partial charge in [0.1, 0.15) is 10.5 Å². The molecule has 0 spiro atoms. The first-order valence-electron chi connectivity index (χ1n) is 6.57. The second-order valence-electron chi connectivity index (χ2n) is 4.78. The first kappa shape index (κ1) is 13.8. The van der Waals surface area contributed by atoms with Gasteiger partial charge in [-0.05, 0) is 49.9 Å². The molecule has 0 unspecified atom stereocenters. The van der Waals surface area contributed by atoms with E-state index in [1.807, 2.05) is 32.0 Å². The summed E-state index contributed by atoms with van der Waals surface area (Å²) in [6, 6.07) is 9.12. The molecule has 1 aromatic carbocycles. The third-order valence-electron chi connectivity index (χ3n) is 2.68. The third-order valence-corrected chi connectivity index (χ3v) is 3.52. The van der Waals surface area contributed by atoms with Crippen LogP contribution < -0.4 is 10.5 Å². The topological polar surface area (TPSA) is 74.2 Å². The molecule has 0 aliphatic rings.